The van der Waals surface area contributed by atoms with Crippen LogP contribution in [0.3, 0.4) is 0 Å². The molecule has 0 bridgehead atoms. The van der Waals surface area contributed by atoms with Gasteiger partial charge in [-0.3, -0.25) is 19.8 Å². The molecule has 0 spiro atoms. The van der Waals surface area contributed by atoms with Crippen molar-refractivity contribution in [3.05, 3.63) is 53.0 Å². The summed E-state index contributed by atoms with van der Waals surface area (Å²) < 4.78 is 1.70. The van der Waals surface area contributed by atoms with Gasteiger partial charge in [0, 0.05) is 48.1 Å². The minimum absolute atomic E-state index is 0.0673. The first-order chi connectivity index (χ1) is 9.13. The van der Waals surface area contributed by atoms with Crippen LogP contribution in [0.15, 0.2) is 42.9 Å². The molecule has 0 aliphatic heterocycles. The molecule has 0 fully saturated rings. The average molecular weight is 254 g/mol. The lowest BCUT2D eigenvalue weighted by Gasteiger charge is -2.01. The third kappa shape index (κ3) is 2.03. The van der Waals surface area contributed by atoms with Crippen LogP contribution in [0.1, 0.15) is 0 Å². The van der Waals surface area contributed by atoms with Crippen molar-refractivity contribution in [1.82, 2.24) is 14.8 Å². The Morgan fingerprint density at radius 3 is 2.74 bits per heavy atom. The molecule has 0 saturated heterocycles. The molecule has 0 amide bonds. The van der Waals surface area contributed by atoms with Gasteiger partial charge >= 0.3 is 0 Å². The van der Waals surface area contributed by atoms with Crippen LogP contribution >= 0.6 is 0 Å². The number of non-ortho nitro benzene ring substituents is 1. The average Bonchev–Trinajstić information content (AvgIpc) is 2.84. The van der Waals surface area contributed by atoms with Gasteiger partial charge in [-0.2, -0.15) is 5.10 Å². The summed E-state index contributed by atoms with van der Waals surface area (Å²) in [6.45, 7) is 0. The van der Waals surface area contributed by atoms with Gasteiger partial charge in [-0.25, -0.2) is 0 Å². The normalized spacial score (nSPS) is 10.8. The van der Waals surface area contributed by atoms with E-state index in [1.807, 2.05) is 19.3 Å². The van der Waals surface area contributed by atoms with E-state index in [2.05, 4.69) is 10.1 Å². The Balaban J connectivity index is 2.16. The first kappa shape index (κ1) is 11.3. The number of fused-ring (bicyclic) bond motifs is 1. The maximum Gasteiger partial charge on any atom is 0.270 e. The SMILES string of the molecule is Cn1cc(-c2cnc3ccc([N+](=O)[O-])cc3c2)cn1. The molecule has 1 aromatic carbocycles. The summed E-state index contributed by atoms with van der Waals surface area (Å²) in [5.41, 5.74) is 2.63. The van der Waals surface area contributed by atoms with Crippen molar-refractivity contribution in [2.24, 2.45) is 7.05 Å². The molecule has 19 heavy (non-hydrogen) atoms. The van der Waals surface area contributed by atoms with Crippen LogP contribution in [0, 0.1) is 10.1 Å². The topological polar surface area (TPSA) is 73.8 Å². The maximum absolute atomic E-state index is 10.8. The lowest BCUT2D eigenvalue weighted by Crippen LogP contribution is -1.89. The number of pyridine rings is 1. The highest BCUT2D eigenvalue weighted by molar-refractivity contribution is 5.85. The first-order valence-corrected chi connectivity index (χ1v) is 5.67. The summed E-state index contributed by atoms with van der Waals surface area (Å²) >= 11 is 0. The number of aryl methyl sites for hydroxylation is 1. The highest BCUT2D eigenvalue weighted by Crippen LogP contribution is 2.24. The number of nitro benzene ring substituents is 1. The highest BCUT2D eigenvalue weighted by Gasteiger charge is 2.08. The molecule has 3 rings (SSSR count). The number of hydrogen-bond donors (Lipinski definition) is 0. The minimum Gasteiger partial charge on any atom is -0.275 e. The summed E-state index contributed by atoms with van der Waals surface area (Å²) in [5, 5.41) is 15.6. The van der Waals surface area contributed by atoms with E-state index in [9.17, 15) is 10.1 Å². The summed E-state index contributed by atoms with van der Waals surface area (Å²) in [6, 6.07) is 6.52. The van der Waals surface area contributed by atoms with Crippen LogP contribution in [0.25, 0.3) is 22.0 Å². The largest absolute Gasteiger partial charge is 0.275 e. The molecule has 0 unspecified atom stereocenters. The zero-order chi connectivity index (χ0) is 13.4. The molecule has 0 aliphatic carbocycles. The summed E-state index contributed by atoms with van der Waals surface area (Å²) in [5.74, 6) is 0. The second-order valence-corrected chi connectivity index (χ2v) is 4.26. The zero-order valence-corrected chi connectivity index (χ0v) is 10.1. The van der Waals surface area contributed by atoms with Gasteiger partial charge in [-0.05, 0) is 12.1 Å². The predicted molar refractivity (Wildman–Crippen MR) is 70.6 cm³/mol. The number of nitrogens with zero attached hydrogens (tertiary/aromatic N) is 4. The molecular weight excluding hydrogens is 244 g/mol. The summed E-state index contributed by atoms with van der Waals surface area (Å²) in [6.07, 6.45) is 5.35. The molecule has 0 aliphatic rings. The van der Waals surface area contributed by atoms with Gasteiger partial charge in [0.05, 0.1) is 16.6 Å². The number of nitro groups is 1. The van der Waals surface area contributed by atoms with Crippen molar-refractivity contribution in [3.8, 4) is 11.1 Å². The molecule has 0 N–H and O–H groups in total. The van der Waals surface area contributed by atoms with Crippen LogP contribution in [-0.4, -0.2) is 19.7 Å². The third-order valence-corrected chi connectivity index (χ3v) is 2.91. The molecule has 2 heterocycles. The molecule has 2 aromatic heterocycles. The van der Waals surface area contributed by atoms with Crippen molar-refractivity contribution in [3.63, 3.8) is 0 Å². The van der Waals surface area contributed by atoms with Gasteiger partial charge < -0.3 is 0 Å². The Bertz CT molecular complexity index is 779. The van der Waals surface area contributed by atoms with Crippen molar-refractivity contribution < 1.29 is 4.92 Å². The monoisotopic (exact) mass is 254 g/mol. The fourth-order valence-corrected chi connectivity index (χ4v) is 1.96. The van der Waals surface area contributed by atoms with E-state index in [1.54, 1.807) is 23.1 Å². The van der Waals surface area contributed by atoms with Crippen LogP contribution in [0.2, 0.25) is 0 Å². The van der Waals surface area contributed by atoms with E-state index in [4.69, 9.17) is 0 Å². The van der Waals surface area contributed by atoms with E-state index in [-0.39, 0.29) is 5.69 Å². The molecular formula is C13H10N4O2. The minimum atomic E-state index is -0.407. The Kier molecular flexibility index (Phi) is 2.49. The van der Waals surface area contributed by atoms with Crippen LogP contribution in [0.5, 0.6) is 0 Å². The van der Waals surface area contributed by atoms with Crippen LogP contribution in [0.4, 0.5) is 5.69 Å². The lowest BCUT2D eigenvalue weighted by molar-refractivity contribution is -0.384. The number of aromatic nitrogens is 3. The smallest absolute Gasteiger partial charge is 0.270 e. The van der Waals surface area contributed by atoms with Crippen molar-refractivity contribution >= 4 is 16.6 Å². The summed E-state index contributed by atoms with van der Waals surface area (Å²) in [7, 11) is 1.84. The first-order valence-electron chi connectivity index (χ1n) is 5.67. The Morgan fingerprint density at radius 2 is 2.05 bits per heavy atom. The Labute approximate surface area is 108 Å². The number of hydrogen-bond acceptors (Lipinski definition) is 4. The molecule has 6 nitrogen and oxygen atoms in total. The fraction of sp³-hybridized carbons (Fsp3) is 0.0769. The molecule has 6 heteroatoms. The molecule has 0 radical (unpaired) electrons. The van der Waals surface area contributed by atoms with E-state index in [1.165, 1.54) is 12.1 Å². The second-order valence-electron chi connectivity index (χ2n) is 4.26. The summed E-state index contributed by atoms with van der Waals surface area (Å²) in [4.78, 5) is 14.7. The number of benzene rings is 1. The van der Waals surface area contributed by atoms with E-state index < -0.39 is 4.92 Å². The lowest BCUT2D eigenvalue weighted by atomic mass is 10.1. The van der Waals surface area contributed by atoms with Crippen molar-refractivity contribution in [1.29, 1.82) is 0 Å². The third-order valence-electron chi connectivity index (χ3n) is 2.91. The van der Waals surface area contributed by atoms with Gasteiger partial charge in [0.2, 0.25) is 0 Å². The van der Waals surface area contributed by atoms with Crippen LogP contribution < -0.4 is 0 Å². The molecule has 0 atom stereocenters. The van der Waals surface area contributed by atoms with E-state index in [0.29, 0.717) is 0 Å². The zero-order valence-electron chi connectivity index (χ0n) is 10.1. The van der Waals surface area contributed by atoms with Gasteiger partial charge in [0.1, 0.15) is 0 Å². The predicted octanol–water partition coefficient (Wildman–Crippen LogP) is 2.54. The van der Waals surface area contributed by atoms with Crippen molar-refractivity contribution in [2.75, 3.05) is 0 Å². The quantitative estimate of drug-likeness (QED) is 0.520. The molecule has 3 aromatic rings. The van der Waals surface area contributed by atoms with E-state index in [0.717, 1.165) is 22.0 Å². The van der Waals surface area contributed by atoms with Crippen molar-refractivity contribution in [2.45, 2.75) is 0 Å². The highest BCUT2D eigenvalue weighted by atomic mass is 16.6. The Hall–Kier alpha value is -2.76. The van der Waals surface area contributed by atoms with Gasteiger partial charge in [-0.1, -0.05) is 0 Å². The van der Waals surface area contributed by atoms with Crippen LogP contribution in [-0.2, 0) is 7.05 Å². The fourth-order valence-electron chi connectivity index (χ4n) is 1.96. The van der Waals surface area contributed by atoms with Gasteiger partial charge in [0.25, 0.3) is 5.69 Å². The van der Waals surface area contributed by atoms with Gasteiger partial charge in [-0.15, -0.1) is 0 Å². The second kappa shape index (κ2) is 4.16. The standard InChI is InChI=1S/C13H10N4O2/c1-16-8-11(7-15-16)10-4-9-5-12(17(18)19)2-3-13(9)14-6-10/h2-8H,1H3. The maximum atomic E-state index is 10.8. The Morgan fingerprint density at radius 1 is 1.21 bits per heavy atom. The van der Waals surface area contributed by atoms with Gasteiger partial charge in [0.15, 0.2) is 0 Å². The van der Waals surface area contributed by atoms with E-state index >= 15 is 0 Å². The molecule has 0 saturated carbocycles. The number of rotatable bonds is 2. The molecule has 94 valence electrons.